The Kier molecular flexibility index (Phi) is 7.14. The van der Waals surface area contributed by atoms with Crippen LogP contribution in [0.5, 0.6) is 0 Å². The number of nitrogens with two attached hydrogens (primary N) is 3. The van der Waals surface area contributed by atoms with E-state index < -0.39 is 57.0 Å². The lowest BCUT2D eigenvalue weighted by Crippen LogP contribution is -2.73. The number of aromatic nitrogens is 3. The van der Waals surface area contributed by atoms with Gasteiger partial charge in [-0.15, -0.1) is 0 Å². The highest BCUT2D eigenvalue weighted by Gasteiger charge is 2.56. The maximum absolute atomic E-state index is 13.1. The summed E-state index contributed by atoms with van der Waals surface area (Å²) >= 11 is 1.10. The van der Waals surface area contributed by atoms with Crippen LogP contribution in [-0.2, 0) is 49.2 Å². The van der Waals surface area contributed by atoms with Gasteiger partial charge in [-0.3, -0.25) is 14.1 Å². The number of rotatable bonds is 11. The largest absolute Gasteiger partial charge is 0.478 e. The van der Waals surface area contributed by atoms with Gasteiger partial charge in [-0.05, 0) is 0 Å². The predicted octanol–water partition coefficient (Wildman–Crippen LogP) is -3.90. The summed E-state index contributed by atoms with van der Waals surface area (Å²) < 4.78 is 33.4. The van der Waals surface area contributed by atoms with Crippen molar-refractivity contribution in [2.24, 2.45) is 22.4 Å². The van der Waals surface area contributed by atoms with Gasteiger partial charge in [0.15, 0.2) is 5.71 Å². The van der Waals surface area contributed by atoms with Crippen molar-refractivity contribution in [2.75, 3.05) is 0 Å². The van der Waals surface area contributed by atoms with Crippen LogP contribution in [0.4, 0.5) is 0 Å². The van der Waals surface area contributed by atoms with Crippen molar-refractivity contribution in [1.82, 2.24) is 29.9 Å². The Hall–Kier alpha value is -3.30. The monoisotopic (exact) mass is 560 g/mol. The van der Waals surface area contributed by atoms with Crippen LogP contribution < -0.4 is 27.8 Å². The van der Waals surface area contributed by atoms with Crippen LogP contribution in [0, 0.1) is 0 Å². The summed E-state index contributed by atoms with van der Waals surface area (Å²) in [6.45, 7) is -0.354. The molecule has 4 rings (SSSR count). The van der Waals surface area contributed by atoms with E-state index in [0.29, 0.717) is 11.4 Å². The lowest BCUT2D eigenvalue weighted by Gasteiger charge is -2.43. The van der Waals surface area contributed by atoms with Gasteiger partial charge in [0, 0.05) is 31.3 Å². The van der Waals surface area contributed by atoms with Crippen LogP contribution in [0.2, 0.25) is 0 Å². The van der Waals surface area contributed by atoms with Crippen molar-refractivity contribution < 1.29 is 37.3 Å². The van der Waals surface area contributed by atoms with E-state index in [1.165, 1.54) is 5.41 Å². The number of carboxylic acid groups (broad SMARTS) is 1. The molecular formula is C17H24N10O8S2. The van der Waals surface area contributed by atoms with Gasteiger partial charge >= 0.3 is 16.3 Å². The van der Waals surface area contributed by atoms with Gasteiger partial charge in [0.05, 0.1) is 12.2 Å². The third-order valence-electron chi connectivity index (χ3n) is 5.75. The van der Waals surface area contributed by atoms with Gasteiger partial charge < -0.3 is 37.8 Å². The summed E-state index contributed by atoms with van der Waals surface area (Å²) in [7, 11) is -4.99. The Morgan fingerprint density at radius 1 is 1.30 bits per heavy atom. The molecule has 1 saturated heterocycles. The van der Waals surface area contributed by atoms with Crippen molar-refractivity contribution in [3.05, 3.63) is 22.5 Å². The van der Waals surface area contributed by atoms with E-state index in [4.69, 9.17) is 22.0 Å². The summed E-state index contributed by atoms with van der Waals surface area (Å²) in [6, 6.07) is -2.78. The molecule has 1 aromatic rings. The predicted molar refractivity (Wildman–Crippen MR) is 125 cm³/mol. The number of carbonyl (C=O) groups excluding carboxylic acids is 2. The summed E-state index contributed by atoms with van der Waals surface area (Å²) in [5.74, 6) is -3.38. The van der Waals surface area contributed by atoms with Crippen molar-refractivity contribution in [3.8, 4) is 0 Å². The lowest BCUT2D eigenvalue weighted by molar-refractivity contribution is -0.153. The van der Waals surface area contributed by atoms with Crippen molar-refractivity contribution >= 4 is 45.6 Å². The number of hydrogen-bond donors (Lipinski definition) is 7. The minimum atomic E-state index is -4.99. The molecule has 1 saturated carbocycles. The molecule has 0 spiro atoms. The second-order valence-electron chi connectivity index (χ2n) is 8.25. The van der Waals surface area contributed by atoms with Crippen molar-refractivity contribution in [1.29, 1.82) is 0 Å². The van der Waals surface area contributed by atoms with Crippen LogP contribution in [0.3, 0.4) is 0 Å². The molecule has 3 heterocycles. The van der Waals surface area contributed by atoms with Gasteiger partial charge in [-0.25, -0.2) is 9.10 Å². The number of thioether (sulfide) groups is 1. The molecule has 20 heteroatoms. The van der Waals surface area contributed by atoms with E-state index in [1.807, 2.05) is 0 Å². The lowest BCUT2D eigenvalue weighted by atomic mass is 9.98. The second-order valence-corrected chi connectivity index (χ2v) is 10.6. The fraction of sp³-hybridized carbons (Fsp3) is 0.529. The number of nitrogens with zero attached hydrogens (tertiary/aromatic N) is 5. The zero-order valence-corrected chi connectivity index (χ0v) is 20.6. The third-order valence-corrected chi connectivity index (χ3v) is 7.48. The van der Waals surface area contributed by atoms with E-state index in [-0.39, 0.29) is 42.5 Å². The number of carbonyl (C=O) groups is 3. The highest BCUT2D eigenvalue weighted by atomic mass is 32.2. The molecular weight excluding hydrogens is 536 g/mol. The van der Waals surface area contributed by atoms with E-state index in [1.54, 1.807) is 0 Å². The Bertz CT molecular complexity index is 1270. The third kappa shape index (κ3) is 5.24. The highest BCUT2D eigenvalue weighted by Crippen LogP contribution is 2.40. The summed E-state index contributed by atoms with van der Waals surface area (Å²) in [6.07, 6.45) is 0.362. The van der Waals surface area contributed by atoms with Crippen molar-refractivity contribution in [2.45, 2.75) is 55.7 Å². The van der Waals surface area contributed by atoms with Crippen LogP contribution >= 0.6 is 11.8 Å². The Morgan fingerprint density at radius 3 is 2.38 bits per heavy atom. The molecule has 1 aromatic heterocycles. The van der Waals surface area contributed by atoms with Gasteiger partial charge in [-0.1, -0.05) is 16.9 Å². The number of carboxylic acids is 1. The molecule has 0 aromatic carbocycles. The molecule has 2 fully saturated rings. The summed E-state index contributed by atoms with van der Waals surface area (Å²) in [5.41, 5.74) is 15.1. The zero-order valence-electron chi connectivity index (χ0n) is 19.0. The molecule has 2 aliphatic heterocycles. The number of oxime groups is 1. The first-order valence-corrected chi connectivity index (χ1v) is 13.1. The summed E-state index contributed by atoms with van der Waals surface area (Å²) in [4.78, 5) is 43.4. The van der Waals surface area contributed by atoms with Gasteiger partial charge in [0.25, 0.3) is 11.8 Å². The molecule has 3 atom stereocenters. The number of hydrogen-bond acceptors (Lipinski definition) is 14. The standard InChI is InChI=1S/C17H24N10O8S2/c18-3-7-8(4-19)24-26(23-7)5-10-12(14(29)27(10)37(32,33)34)22-13(28)11(9-6-36-16(20)21-9)25-35-17(1-2-17)15(30)31/h6,10,12,16,21H,1-5,18-20H2,(H,22,28)(H,30,31)(H,32,33,34)/b25-11-. The SMILES string of the molecule is NCc1nn(CC2C(NC(=O)/C(=N\OC3(C(=O)O)CC3)C3=CSC(N)N3)C(=O)N2S(=O)(=O)O)nc1CN. The number of aliphatic carboxylic acids is 1. The van der Waals surface area contributed by atoms with Crippen LogP contribution in [0.15, 0.2) is 16.3 Å². The average molecular weight is 561 g/mol. The quantitative estimate of drug-likeness (QED) is 0.0589. The van der Waals surface area contributed by atoms with Gasteiger partial charge in [0.1, 0.15) is 29.0 Å². The maximum atomic E-state index is 13.1. The smallest absolute Gasteiger partial charge is 0.362 e. The number of β-lactam (4-membered cyclic amide) rings is 1. The Morgan fingerprint density at radius 2 is 1.92 bits per heavy atom. The topological polar surface area (TPSA) is 283 Å². The van der Waals surface area contributed by atoms with E-state index in [0.717, 1.165) is 16.6 Å². The first kappa shape index (κ1) is 26.8. The van der Waals surface area contributed by atoms with Crippen LogP contribution in [0.1, 0.15) is 24.2 Å². The number of amides is 2. The van der Waals surface area contributed by atoms with Gasteiger partial charge in [-0.2, -0.15) is 23.4 Å². The molecule has 0 radical (unpaired) electrons. The Balaban J connectivity index is 1.58. The molecule has 3 unspecified atom stereocenters. The summed E-state index contributed by atoms with van der Waals surface area (Å²) in [5, 5.41) is 27.8. The first-order chi connectivity index (χ1) is 17.4. The van der Waals surface area contributed by atoms with Gasteiger partial charge in [0.2, 0.25) is 5.60 Å². The molecule has 10 N–H and O–H groups in total. The first-order valence-electron chi connectivity index (χ1n) is 10.7. The molecule has 2 amide bonds. The molecule has 3 aliphatic rings. The normalized spacial score (nSPS) is 24.7. The van der Waals surface area contributed by atoms with E-state index in [2.05, 4.69) is 26.0 Å². The highest BCUT2D eigenvalue weighted by molar-refractivity contribution is 8.02. The van der Waals surface area contributed by atoms with Crippen molar-refractivity contribution in [3.63, 3.8) is 0 Å². The minimum absolute atomic E-state index is 0.00176. The average Bonchev–Trinajstić information content (AvgIpc) is 3.34. The van der Waals surface area contributed by atoms with E-state index in [9.17, 15) is 32.5 Å². The van der Waals surface area contributed by atoms with Crippen LogP contribution in [-0.4, -0.2) is 84.1 Å². The zero-order chi connectivity index (χ0) is 27.1. The molecule has 202 valence electrons. The molecule has 18 nitrogen and oxygen atoms in total. The molecule has 37 heavy (non-hydrogen) atoms. The fourth-order valence-corrected chi connectivity index (χ4v) is 5.15. The van der Waals surface area contributed by atoms with Crippen LogP contribution in [0.25, 0.3) is 0 Å². The minimum Gasteiger partial charge on any atom is -0.478 e. The second kappa shape index (κ2) is 9.87. The molecule has 0 bridgehead atoms. The fourth-order valence-electron chi connectivity index (χ4n) is 3.62. The Labute approximate surface area is 213 Å². The molecule has 1 aliphatic carbocycles. The maximum Gasteiger partial charge on any atom is 0.362 e. The van der Waals surface area contributed by atoms with E-state index >= 15 is 0 Å². The number of nitrogens with one attached hydrogen (secondary N) is 2.